The van der Waals surface area contributed by atoms with E-state index in [-0.39, 0.29) is 22.7 Å². The number of carboxylic acid groups (broad SMARTS) is 1. The molecular weight excluding hydrogens is 409 g/mol. The van der Waals surface area contributed by atoms with E-state index in [1.54, 1.807) is 0 Å². The molecule has 2 N–H and O–H groups in total. The number of fused-ring (bicyclic) bond motifs is 1. The lowest BCUT2D eigenvalue weighted by molar-refractivity contribution is -0.275. The van der Waals surface area contributed by atoms with Gasteiger partial charge < -0.3 is 19.6 Å². The third-order valence-corrected chi connectivity index (χ3v) is 5.21. The fraction of sp³-hybridized carbons (Fsp3) is 0.214. The quantitative estimate of drug-likeness (QED) is 0.601. The molecule has 0 amide bonds. The zero-order valence-corrected chi connectivity index (χ0v) is 14.7. The Balaban J connectivity index is 2.11. The van der Waals surface area contributed by atoms with Crippen molar-refractivity contribution < 1.29 is 41.0 Å². The summed E-state index contributed by atoms with van der Waals surface area (Å²) >= 11 is 0. The van der Waals surface area contributed by atoms with Crippen molar-refractivity contribution in [3.63, 3.8) is 0 Å². The first-order chi connectivity index (χ1) is 13.0. The minimum atomic E-state index is -5.10. The van der Waals surface area contributed by atoms with Crippen molar-refractivity contribution in [1.82, 2.24) is 19.7 Å². The number of carbonyl (C=O) groups is 1. The molecule has 0 aliphatic heterocycles. The van der Waals surface area contributed by atoms with Crippen LogP contribution in [0.4, 0.5) is 18.0 Å². The van der Waals surface area contributed by atoms with Crippen molar-refractivity contribution in [2.75, 3.05) is 5.75 Å². The average Bonchev–Trinajstić information content (AvgIpc) is 3.18. The fourth-order valence-electron chi connectivity index (χ4n) is 2.29. The van der Waals surface area contributed by atoms with Crippen molar-refractivity contribution in [2.45, 2.75) is 18.2 Å². The predicted octanol–water partition coefficient (Wildman–Crippen LogP) is 2.50. The van der Waals surface area contributed by atoms with Crippen molar-refractivity contribution >= 4 is 27.0 Å². The van der Waals surface area contributed by atoms with Crippen LogP contribution >= 0.6 is 0 Å². The van der Waals surface area contributed by atoms with E-state index in [1.165, 1.54) is 6.92 Å². The molecule has 0 bridgehead atoms. The highest BCUT2D eigenvalue weighted by Crippen LogP contribution is 2.34. The first kappa shape index (κ1) is 19.5. The van der Waals surface area contributed by atoms with Crippen molar-refractivity contribution in [3.05, 3.63) is 24.5 Å². The summed E-state index contributed by atoms with van der Waals surface area (Å²) in [6.45, 7) is 1.28. The summed E-state index contributed by atoms with van der Waals surface area (Å²) in [4.78, 5) is 16.6. The van der Waals surface area contributed by atoms with Crippen LogP contribution in [-0.2, 0) is 9.84 Å². The lowest BCUT2D eigenvalue weighted by atomic mass is 10.3. The van der Waals surface area contributed by atoms with Gasteiger partial charge in [0.1, 0.15) is 10.6 Å². The number of sulfone groups is 1. The molecule has 1 aromatic carbocycles. The molecule has 0 fully saturated rings. The lowest BCUT2D eigenvalue weighted by Gasteiger charge is -2.13. The molecule has 2 heterocycles. The molecule has 14 heteroatoms. The Morgan fingerprint density at radius 3 is 2.68 bits per heavy atom. The number of aromatic amines is 1. The van der Waals surface area contributed by atoms with E-state index in [9.17, 15) is 26.4 Å². The van der Waals surface area contributed by atoms with Crippen molar-refractivity contribution in [1.29, 1.82) is 0 Å². The van der Waals surface area contributed by atoms with Gasteiger partial charge in [0, 0.05) is 6.07 Å². The summed E-state index contributed by atoms with van der Waals surface area (Å²) in [5.41, 5.74) is 0.0771. The van der Waals surface area contributed by atoms with Crippen LogP contribution in [0.3, 0.4) is 0 Å². The topological polar surface area (TPSA) is 136 Å². The molecule has 0 saturated carbocycles. The van der Waals surface area contributed by atoms with Gasteiger partial charge in [0.05, 0.1) is 29.2 Å². The largest absolute Gasteiger partial charge is 0.573 e. The van der Waals surface area contributed by atoms with Gasteiger partial charge in [0.2, 0.25) is 5.95 Å². The number of rotatable bonds is 5. The van der Waals surface area contributed by atoms with Gasteiger partial charge in [-0.05, 0) is 6.07 Å². The molecule has 0 atom stereocenters. The molecule has 0 aliphatic carbocycles. The third-order valence-electron chi connectivity index (χ3n) is 3.46. The summed E-state index contributed by atoms with van der Waals surface area (Å²) in [6.07, 6.45) is -4.43. The van der Waals surface area contributed by atoms with Crippen LogP contribution in [0.5, 0.6) is 11.5 Å². The average molecular weight is 420 g/mol. The highest BCUT2D eigenvalue weighted by Gasteiger charge is 2.34. The van der Waals surface area contributed by atoms with Gasteiger partial charge in [-0.2, -0.15) is 5.10 Å². The molecule has 0 saturated heterocycles. The number of H-pyrrole nitrogens is 1. The number of nitrogens with zero attached hydrogens (tertiary/aromatic N) is 3. The molecule has 0 spiro atoms. The summed E-state index contributed by atoms with van der Waals surface area (Å²) in [5.74, 6) is -1.49. The number of ether oxygens (including phenoxy) is 2. The normalized spacial score (nSPS) is 12.3. The van der Waals surface area contributed by atoms with Crippen LogP contribution in [0.25, 0.3) is 17.0 Å². The highest BCUT2D eigenvalue weighted by molar-refractivity contribution is 7.91. The second-order valence-electron chi connectivity index (χ2n) is 5.32. The summed E-state index contributed by atoms with van der Waals surface area (Å²) in [5, 5.41) is 12.4. The van der Waals surface area contributed by atoms with Crippen LogP contribution in [0.1, 0.15) is 6.92 Å². The molecule has 150 valence electrons. The Bertz CT molecular complexity index is 1150. The smallest absolute Gasteiger partial charge is 0.449 e. The molecule has 3 rings (SSSR count). The maximum Gasteiger partial charge on any atom is 0.573 e. The second-order valence-corrected chi connectivity index (χ2v) is 7.56. The molecular formula is C14H11F3N4O6S. The second kappa shape index (κ2) is 6.70. The molecule has 0 radical (unpaired) electrons. The SMILES string of the molecule is CCS(=O)(=O)c1cc2[nH]c(-n3cc(OC(=O)O)cn3)nc2cc1OC(F)(F)F. The summed E-state index contributed by atoms with van der Waals surface area (Å²) in [6, 6.07) is 1.81. The summed E-state index contributed by atoms with van der Waals surface area (Å²) in [7, 11) is -4.04. The number of aromatic nitrogens is 4. The van der Waals surface area contributed by atoms with Gasteiger partial charge in [-0.25, -0.2) is 22.9 Å². The van der Waals surface area contributed by atoms with Crippen LogP contribution in [0, 0.1) is 0 Å². The number of hydrogen-bond acceptors (Lipinski definition) is 7. The minimum absolute atomic E-state index is 0.0146. The van der Waals surface area contributed by atoms with E-state index in [0.29, 0.717) is 0 Å². The molecule has 0 aliphatic rings. The lowest BCUT2D eigenvalue weighted by Crippen LogP contribution is -2.19. The Morgan fingerprint density at radius 2 is 2.07 bits per heavy atom. The van der Waals surface area contributed by atoms with Crippen molar-refractivity contribution in [2.24, 2.45) is 0 Å². The number of hydrogen-bond donors (Lipinski definition) is 2. The maximum absolute atomic E-state index is 12.7. The van der Waals surface area contributed by atoms with Gasteiger partial charge >= 0.3 is 12.5 Å². The molecule has 3 aromatic rings. The first-order valence-electron chi connectivity index (χ1n) is 7.46. The number of benzene rings is 1. The molecule has 2 aromatic heterocycles. The number of imidazole rings is 1. The van der Waals surface area contributed by atoms with Crippen LogP contribution < -0.4 is 9.47 Å². The Kier molecular flexibility index (Phi) is 4.66. The van der Waals surface area contributed by atoms with E-state index in [4.69, 9.17) is 5.11 Å². The van der Waals surface area contributed by atoms with Crippen molar-refractivity contribution in [3.8, 4) is 17.4 Å². The zero-order chi connectivity index (χ0) is 20.7. The van der Waals surface area contributed by atoms with Gasteiger partial charge in [-0.15, -0.1) is 13.2 Å². The monoisotopic (exact) mass is 420 g/mol. The van der Waals surface area contributed by atoms with E-state index in [0.717, 1.165) is 29.2 Å². The number of halogens is 3. The van der Waals surface area contributed by atoms with E-state index >= 15 is 0 Å². The van der Waals surface area contributed by atoms with Gasteiger partial charge in [-0.3, -0.25) is 0 Å². The maximum atomic E-state index is 12.7. The van der Waals surface area contributed by atoms with Crippen LogP contribution in [0.15, 0.2) is 29.4 Å². The molecule has 0 unspecified atom stereocenters. The standard InChI is InChI=1S/C14H11F3N4O6S/c1-2-28(24,25)11-4-9-8(3-10(11)27-14(15,16)17)19-12(20-9)21-6-7(5-18-21)26-13(22)23/h3-6H,2H2,1H3,(H,19,20)(H,22,23). The Hall–Kier alpha value is -3.29. The number of nitrogens with one attached hydrogen (secondary N) is 1. The van der Waals surface area contributed by atoms with Crippen LogP contribution in [-0.4, -0.2) is 51.5 Å². The van der Waals surface area contributed by atoms with Gasteiger partial charge in [-0.1, -0.05) is 6.92 Å². The zero-order valence-electron chi connectivity index (χ0n) is 13.9. The molecule has 10 nitrogen and oxygen atoms in total. The summed E-state index contributed by atoms with van der Waals surface area (Å²) < 4.78 is 71.7. The molecule has 28 heavy (non-hydrogen) atoms. The van der Waals surface area contributed by atoms with E-state index < -0.39 is 38.8 Å². The van der Waals surface area contributed by atoms with Crippen LogP contribution in [0.2, 0.25) is 0 Å². The highest BCUT2D eigenvalue weighted by atomic mass is 32.2. The van der Waals surface area contributed by atoms with E-state index in [1.807, 2.05) is 0 Å². The minimum Gasteiger partial charge on any atom is -0.449 e. The Labute approximate surface area is 154 Å². The number of alkyl halides is 3. The van der Waals surface area contributed by atoms with E-state index in [2.05, 4.69) is 24.5 Å². The van der Waals surface area contributed by atoms with Gasteiger partial charge in [0.25, 0.3) is 0 Å². The van der Waals surface area contributed by atoms with Gasteiger partial charge in [0.15, 0.2) is 15.6 Å². The predicted molar refractivity (Wildman–Crippen MR) is 86.3 cm³/mol. The first-order valence-corrected chi connectivity index (χ1v) is 9.12. The third kappa shape index (κ3) is 4.00. The Morgan fingerprint density at radius 1 is 1.36 bits per heavy atom. The fourth-order valence-corrected chi connectivity index (χ4v) is 3.31.